The van der Waals surface area contributed by atoms with Crippen molar-refractivity contribution in [3.05, 3.63) is 100 Å². The van der Waals surface area contributed by atoms with Gasteiger partial charge in [0.05, 0.1) is 18.3 Å². The highest BCUT2D eigenvalue weighted by Gasteiger charge is 2.29. The minimum atomic E-state index is -0.0295. The third-order valence-corrected chi connectivity index (χ3v) is 7.81. The molecule has 0 radical (unpaired) electrons. The van der Waals surface area contributed by atoms with Crippen molar-refractivity contribution in [2.24, 2.45) is 0 Å². The third-order valence-electron chi connectivity index (χ3n) is 7.81. The molecule has 1 unspecified atom stereocenters. The number of amides is 1. The molecule has 6 heteroatoms. The number of aromatic amines is 1. The molecule has 3 aromatic carbocycles. The van der Waals surface area contributed by atoms with E-state index >= 15 is 0 Å². The van der Waals surface area contributed by atoms with Crippen LogP contribution in [0.4, 0.5) is 0 Å². The van der Waals surface area contributed by atoms with Crippen LogP contribution in [-0.2, 0) is 11.3 Å². The van der Waals surface area contributed by atoms with Gasteiger partial charge in [0.25, 0.3) is 0 Å². The van der Waals surface area contributed by atoms with Crippen molar-refractivity contribution in [1.82, 2.24) is 20.4 Å². The van der Waals surface area contributed by atoms with Crippen LogP contribution in [0.5, 0.6) is 5.75 Å². The number of likely N-dealkylation sites (tertiary alicyclic amines) is 1. The first-order chi connectivity index (χ1) is 19.2. The smallest absolute Gasteiger partial charge is 0.247 e. The van der Waals surface area contributed by atoms with Gasteiger partial charge in [0.15, 0.2) is 0 Å². The van der Waals surface area contributed by atoms with Crippen LogP contribution in [0.2, 0.25) is 0 Å². The first kappa shape index (κ1) is 25.1. The fraction of sp³-hybridized carbons (Fsp3) is 0.273. The Hall–Kier alpha value is -4.16. The molecule has 1 aromatic heterocycles. The molecule has 2 saturated heterocycles. The van der Waals surface area contributed by atoms with Crippen LogP contribution in [0.25, 0.3) is 29.1 Å². The number of ether oxygens (including phenoxy) is 1. The van der Waals surface area contributed by atoms with Gasteiger partial charge >= 0.3 is 0 Å². The van der Waals surface area contributed by atoms with Gasteiger partial charge in [0, 0.05) is 30.0 Å². The lowest BCUT2D eigenvalue weighted by atomic mass is 9.92. The lowest BCUT2D eigenvalue weighted by molar-refractivity contribution is -0.116. The summed E-state index contributed by atoms with van der Waals surface area (Å²) in [5.41, 5.74) is 7.15. The second-order valence-electron chi connectivity index (χ2n) is 10.5. The first-order valence-electron chi connectivity index (χ1n) is 13.8. The summed E-state index contributed by atoms with van der Waals surface area (Å²) in [6, 6.07) is 22.9. The number of hydrogen-bond acceptors (Lipinski definition) is 4. The number of carbonyl (C=O) groups is 1. The van der Waals surface area contributed by atoms with E-state index in [9.17, 15) is 4.79 Å². The molecule has 198 valence electrons. The van der Waals surface area contributed by atoms with Gasteiger partial charge in [-0.15, -0.1) is 0 Å². The zero-order valence-corrected chi connectivity index (χ0v) is 22.3. The Morgan fingerprint density at radius 2 is 1.79 bits per heavy atom. The molecule has 1 atom stereocenters. The molecule has 1 amide bonds. The van der Waals surface area contributed by atoms with E-state index in [0.29, 0.717) is 6.54 Å². The predicted molar refractivity (Wildman–Crippen MR) is 157 cm³/mol. The number of piperidine rings is 1. The Bertz CT molecular complexity index is 1530. The molecule has 0 saturated carbocycles. The van der Waals surface area contributed by atoms with E-state index in [-0.39, 0.29) is 11.8 Å². The van der Waals surface area contributed by atoms with Crippen molar-refractivity contribution in [2.45, 2.75) is 31.7 Å². The van der Waals surface area contributed by atoms with Gasteiger partial charge in [-0.1, -0.05) is 55.0 Å². The summed E-state index contributed by atoms with van der Waals surface area (Å²) in [6.07, 6.45) is 10.1. The number of nitrogens with one attached hydrogen (secondary N) is 2. The molecule has 3 heterocycles. The summed E-state index contributed by atoms with van der Waals surface area (Å²) >= 11 is 0. The van der Waals surface area contributed by atoms with Crippen molar-refractivity contribution in [3.63, 3.8) is 0 Å². The Morgan fingerprint density at radius 3 is 2.62 bits per heavy atom. The van der Waals surface area contributed by atoms with Crippen LogP contribution in [-0.4, -0.2) is 47.7 Å². The average Bonchev–Trinajstić information content (AvgIpc) is 3.56. The minimum absolute atomic E-state index is 0.0187. The van der Waals surface area contributed by atoms with Crippen LogP contribution in [0.15, 0.2) is 72.3 Å². The zero-order valence-electron chi connectivity index (χ0n) is 22.3. The predicted octanol–water partition coefficient (Wildman–Crippen LogP) is 6.02. The Labute approximate surface area is 229 Å². The summed E-state index contributed by atoms with van der Waals surface area (Å²) in [5, 5.41) is 11.7. The second kappa shape index (κ2) is 11.3. The number of methoxy groups -OCH3 is 1. The van der Waals surface area contributed by atoms with Crippen molar-refractivity contribution in [1.29, 1.82) is 0 Å². The number of benzene rings is 3. The number of carbonyl (C=O) groups excluding carboxylic acids is 1. The number of H-pyrrole nitrogens is 1. The fourth-order valence-corrected chi connectivity index (χ4v) is 5.63. The van der Waals surface area contributed by atoms with Crippen LogP contribution >= 0.6 is 0 Å². The van der Waals surface area contributed by atoms with Crippen molar-refractivity contribution < 1.29 is 9.53 Å². The summed E-state index contributed by atoms with van der Waals surface area (Å²) in [7, 11) is 1.66. The molecule has 2 aliphatic heterocycles. The summed E-state index contributed by atoms with van der Waals surface area (Å²) in [5.74, 6) is 0.743. The summed E-state index contributed by atoms with van der Waals surface area (Å²) in [6.45, 7) is 4.04. The van der Waals surface area contributed by atoms with E-state index in [1.165, 1.54) is 37.9 Å². The van der Waals surface area contributed by atoms with E-state index < -0.39 is 0 Å². The van der Waals surface area contributed by atoms with Crippen molar-refractivity contribution in [3.8, 4) is 5.75 Å². The van der Waals surface area contributed by atoms with E-state index in [1.807, 2.05) is 36.4 Å². The molecule has 0 aliphatic carbocycles. The maximum absolute atomic E-state index is 12.7. The third kappa shape index (κ3) is 5.66. The van der Waals surface area contributed by atoms with E-state index in [2.05, 4.69) is 69.0 Å². The lowest BCUT2D eigenvalue weighted by Crippen LogP contribution is -2.28. The van der Waals surface area contributed by atoms with Crippen LogP contribution in [0.1, 0.15) is 53.1 Å². The highest BCUT2D eigenvalue weighted by Crippen LogP contribution is 2.32. The van der Waals surface area contributed by atoms with Crippen LogP contribution < -0.4 is 10.1 Å². The number of aromatic nitrogens is 2. The van der Waals surface area contributed by atoms with Gasteiger partial charge in [0.2, 0.25) is 5.91 Å². The average molecular weight is 519 g/mol. The van der Waals surface area contributed by atoms with Crippen molar-refractivity contribution >= 4 is 35.0 Å². The van der Waals surface area contributed by atoms with Gasteiger partial charge in [-0.05, 0) is 84.6 Å². The van der Waals surface area contributed by atoms with Crippen molar-refractivity contribution in [2.75, 3.05) is 26.7 Å². The topological polar surface area (TPSA) is 70.2 Å². The molecular formula is C33H34N4O2. The quantitative estimate of drug-likeness (QED) is 0.293. The Balaban J connectivity index is 1.18. The molecule has 2 fully saturated rings. The molecule has 6 rings (SSSR count). The normalized spacial score (nSPS) is 19.3. The molecule has 6 nitrogen and oxygen atoms in total. The highest BCUT2D eigenvalue weighted by atomic mass is 16.5. The summed E-state index contributed by atoms with van der Waals surface area (Å²) < 4.78 is 5.38. The van der Waals surface area contributed by atoms with Crippen LogP contribution in [0.3, 0.4) is 0 Å². The molecule has 0 bridgehead atoms. The minimum Gasteiger partial charge on any atom is -0.497 e. The van der Waals surface area contributed by atoms with E-state index in [0.717, 1.165) is 51.2 Å². The molecule has 2 N–H and O–H groups in total. The lowest BCUT2D eigenvalue weighted by Gasteiger charge is -2.26. The highest BCUT2D eigenvalue weighted by molar-refractivity contribution is 6.02. The number of hydrogen-bond donors (Lipinski definition) is 2. The maximum atomic E-state index is 12.7. The van der Waals surface area contributed by atoms with Gasteiger partial charge in [0.1, 0.15) is 5.75 Å². The first-order valence-corrected chi connectivity index (χ1v) is 13.8. The van der Waals surface area contributed by atoms with Gasteiger partial charge < -0.3 is 10.1 Å². The number of rotatable bonds is 7. The molecular weight excluding hydrogens is 484 g/mol. The van der Waals surface area contributed by atoms with E-state index in [1.54, 1.807) is 7.11 Å². The molecule has 2 aliphatic rings. The monoisotopic (exact) mass is 518 g/mol. The number of nitrogens with zero attached hydrogens (tertiary/aromatic N) is 2. The Morgan fingerprint density at radius 1 is 0.974 bits per heavy atom. The maximum Gasteiger partial charge on any atom is 0.247 e. The van der Waals surface area contributed by atoms with Crippen LogP contribution in [0, 0.1) is 0 Å². The Kier molecular flexibility index (Phi) is 7.28. The van der Waals surface area contributed by atoms with Gasteiger partial charge in [-0.3, -0.25) is 14.8 Å². The fourth-order valence-electron chi connectivity index (χ4n) is 5.63. The molecule has 39 heavy (non-hydrogen) atoms. The summed E-state index contributed by atoms with van der Waals surface area (Å²) in [4.78, 5) is 15.2. The van der Waals surface area contributed by atoms with Gasteiger partial charge in [-0.2, -0.15) is 5.10 Å². The molecule has 4 aromatic rings. The van der Waals surface area contributed by atoms with Gasteiger partial charge in [-0.25, -0.2) is 0 Å². The number of fused-ring (bicyclic) bond motifs is 1. The molecule has 0 spiro atoms. The SMILES string of the molecule is COc1cccc(C2CNC(=O)/C2=C/c2ccc3c(/C=C/c4ccc(CN5CCCCC5)cc4)n[nH]c3c2)c1. The standard InChI is InChI=1S/C33H34N4O2/c1-39-27-7-5-6-26(20-27)30-21-34-33(38)29(30)18-25-12-14-28-31(35-36-32(28)19-25)15-13-23-8-10-24(11-9-23)22-37-16-3-2-4-17-37/h5-15,18-20,30H,2-4,16-17,21-22H2,1H3,(H,34,38)(H,35,36)/b15-13+,29-18+. The second-order valence-corrected chi connectivity index (χ2v) is 10.5. The largest absolute Gasteiger partial charge is 0.497 e. The van der Waals surface area contributed by atoms with E-state index in [4.69, 9.17) is 4.74 Å². The zero-order chi connectivity index (χ0) is 26.6.